The molecule has 0 spiro atoms. The van der Waals surface area contributed by atoms with E-state index in [1.54, 1.807) is 37.4 Å². The molecular formula is C28H30N6O5Si. The van der Waals surface area contributed by atoms with E-state index in [4.69, 9.17) is 23.7 Å². The van der Waals surface area contributed by atoms with Crippen LogP contribution in [0.25, 0.3) is 34.1 Å². The first-order chi connectivity index (χ1) is 19.2. The van der Waals surface area contributed by atoms with Crippen molar-refractivity contribution < 1.29 is 23.5 Å². The van der Waals surface area contributed by atoms with E-state index in [1.165, 1.54) is 13.3 Å². The quantitative estimate of drug-likeness (QED) is 0.119. The summed E-state index contributed by atoms with van der Waals surface area (Å²) in [6.45, 7) is 9.54. The van der Waals surface area contributed by atoms with Crippen LogP contribution >= 0.6 is 0 Å². The maximum Gasteiger partial charge on any atom is 0.341 e. The Morgan fingerprint density at radius 2 is 1.90 bits per heavy atom. The van der Waals surface area contributed by atoms with Gasteiger partial charge in [0.05, 0.1) is 24.3 Å². The zero-order valence-electron chi connectivity index (χ0n) is 23.0. The van der Waals surface area contributed by atoms with Crippen molar-refractivity contribution in [2.45, 2.75) is 39.3 Å². The predicted molar refractivity (Wildman–Crippen MR) is 151 cm³/mol. The summed E-state index contributed by atoms with van der Waals surface area (Å²) in [4.78, 5) is 30.6. The van der Waals surface area contributed by atoms with Gasteiger partial charge in [-0.1, -0.05) is 30.9 Å². The average Bonchev–Trinajstić information content (AvgIpc) is 3.54. The lowest BCUT2D eigenvalue weighted by Crippen LogP contribution is -2.22. The minimum absolute atomic E-state index is 0.227. The molecule has 0 atom stereocenters. The number of aryl methyl sites for hydroxylation is 1. The molecule has 11 nitrogen and oxygen atoms in total. The predicted octanol–water partition coefficient (Wildman–Crippen LogP) is 5.74. The third-order valence-electron chi connectivity index (χ3n) is 6.09. The normalized spacial score (nSPS) is 11.6. The second kappa shape index (κ2) is 11.4. The fourth-order valence-corrected chi connectivity index (χ4v) is 4.72. The number of carbonyl (C=O) groups is 1. The maximum atomic E-state index is 12.8. The van der Waals surface area contributed by atoms with Gasteiger partial charge in [-0.15, -0.1) is 0 Å². The van der Waals surface area contributed by atoms with Gasteiger partial charge in [-0.05, 0) is 36.4 Å². The summed E-state index contributed by atoms with van der Waals surface area (Å²) < 4.78 is 24.3. The molecule has 0 aliphatic rings. The molecule has 0 aliphatic carbocycles. The molecule has 206 valence electrons. The Morgan fingerprint density at radius 1 is 1.05 bits per heavy atom. The van der Waals surface area contributed by atoms with Crippen LogP contribution in [0.1, 0.15) is 16.2 Å². The lowest BCUT2D eigenvalue weighted by Gasteiger charge is -2.16. The molecule has 0 N–H and O–H groups in total. The molecule has 0 unspecified atom stereocenters. The van der Waals surface area contributed by atoms with Crippen molar-refractivity contribution in [2.75, 3.05) is 13.7 Å². The van der Waals surface area contributed by atoms with Crippen LogP contribution in [0.15, 0.2) is 59.4 Å². The average molecular weight is 559 g/mol. The van der Waals surface area contributed by atoms with E-state index < -0.39 is 14.0 Å². The maximum absolute atomic E-state index is 12.8. The number of hydrogen-bond donors (Lipinski definition) is 0. The lowest BCUT2D eigenvalue weighted by molar-refractivity contribution is 0.0598. The Bertz CT molecular complexity index is 1630. The molecule has 0 saturated heterocycles. The van der Waals surface area contributed by atoms with E-state index in [1.807, 2.05) is 22.8 Å². The van der Waals surface area contributed by atoms with Crippen molar-refractivity contribution in [1.29, 1.82) is 0 Å². The number of fused-ring (bicyclic) bond motifs is 1. The van der Waals surface area contributed by atoms with E-state index in [0.717, 1.165) is 11.6 Å². The molecule has 12 heteroatoms. The number of aromatic nitrogens is 6. The van der Waals surface area contributed by atoms with Crippen molar-refractivity contribution >= 4 is 25.1 Å². The first-order valence-electron chi connectivity index (χ1n) is 12.8. The molecule has 40 heavy (non-hydrogen) atoms. The standard InChI is InChI=1S/C28H30N6O5Si/c1-18-31-26(33-39-18)21-10-9-19(16-30-21)38-25-15-24-23(14-20(25)28(35)36-2)32-27(22-8-6-7-11-29-22)34(24)17-37-12-13-40(3,4)5/h6-11,14-16H,12-13,17H2,1-5H3. The molecule has 0 aliphatic heterocycles. The first kappa shape index (κ1) is 27.2. The molecule has 0 radical (unpaired) electrons. The number of esters is 1. The van der Waals surface area contributed by atoms with Gasteiger partial charge in [-0.3, -0.25) is 9.55 Å². The minimum Gasteiger partial charge on any atom is -0.465 e. The van der Waals surface area contributed by atoms with E-state index in [-0.39, 0.29) is 12.3 Å². The Balaban J connectivity index is 1.53. The third-order valence-corrected chi connectivity index (χ3v) is 7.79. The van der Waals surface area contributed by atoms with Crippen molar-refractivity contribution in [3.63, 3.8) is 0 Å². The number of carbonyl (C=O) groups excluding carboxylic acids is 1. The van der Waals surface area contributed by atoms with Crippen LogP contribution in [-0.4, -0.2) is 57.4 Å². The zero-order chi connectivity index (χ0) is 28.3. The van der Waals surface area contributed by atoms with Crippen molar-refractivity contribution in [3.8, 4) is 34.5 Å². The summed E-state index contributed by atoms with van der Waals surface area (Å²) in [5.74, 6) is 1.60. The van der Waals surface area contributed by atoms with Gasteiger partial charge < -0.3 is 18.7 Å². The molecule has 0 saturated carbocycles. The Kier molecular flexibility index (Phi) is 7.71. The van der Waals surface area contributed by atoms with Gasteiger partial charge in [-0.2, -0.15) is 4.98 Å². The molecule has 4 heterocycles. The van der Waals surface area contributed by atoms with Gasteiger partial charge in [0.2, 0.25) is 11.7 Å². The van der Waals surface area contributed by atoms with Crippen molar-refractivity contribution in [3.05, 3.63) is 66.3 Å². The van der Waals surface area contributed by atoms with Crippen molar-refractivity contribution in [1.82, 2.24) is 29.7 Å². The molecule has 5 rings (SSSR count). The van der Waals surface area contributed by atoms with Crippen LogP contribution < -0.4 is 4.74 Å². The number of pyridine rings is 2. The summed E-state index contributed by atoms with van der Waals surface area (Å²) in [6, 6.07) is 13.5. The number of methoxy groups -OCH3 is 1. The Labute approximate surface area is 232 Å². The van der Waals surface area contributed by atoms with Crippen LogP contribution in [0.2, 0.25) is 25.7 Å². The Hall–Kier alpha value is -4.42. The van der Waals surface area contributed by atoms with E-state index in [2.05, 4.69) is 39.7 Å². The fourth-order valence-electron chi connectivity index (χ4n) is 3.96. The summed E-state index contributed by atoms with van der Waals surface area (Å²) >= 11 is 0. The number of ether oxygens (including phenoxy) is 3. The summed E-state index contributed by atoms with van der Waals surface area (Å²) in [7, 11) is 0.0590. The molecule has 0 bridgehead atoms. The molecule has 0 amide bonds. The number of rotatable bonds is 10. The molecular weight excluding hydrogens is 528 g/mol. The lowest BCUT2D eigenvalue weighted by atomic mass is 10.1. The number of benzene rings is 1. The topological polar surface area (TPSA) is 127 Å². The number of nitrogens with zero attached hydrogens (tertiary/aromatic N) is 6. The minimum atomic E-state index is -1.26. The highest BCUT2D eigenvalue weighted by Crippen LogP contribution is 2.33. The second-order valence-electron chi connectivity index (χ2n) is 10.4. The van der Waals surface area contributed by atoms with Crippen LogP contribution in [0, 0.1) is 6.92 Å². The molecule has 4 aromatic heterocycles. The highest BCUT2D eigenvalue weighted by molar-refractivity contribution is 6.76. The third kappa shape index (κ3) is 6.08. The molecule has 5 aromatic rings. The highest BCUT2D eigenvalue weighted by Gasteiger charge is 2.22. The van der Waals surface area contributed by atoms with Crippen LogP contribution in [-0.2, 0) is 16.2 Å². The van der Waals surface area contributed by atoms with Gasteiger partial charge in [0.1, 0.15) is 35.2 Å². The monoisotopic (exact) mass is 558 g/mol. The summed E-state index contributed by atoms with van der Waals surface area (Å²) in [5, 5.41) is 3.89. The van der Waals surface area contributed by atoms with E-state index >= 15 is 0 Å². The van der Waals surface area contributed by atoms with Gasteiger partial charge >= 0.3 is 5.97 Å². The summed E-state index contributed by atoms with van der Waals surface area (Å²) in [6.07, 6.45) is 3.24. The van der Waals surface area contributed by atoms with Crippen molar-refractivity contribution in [2.24, 2.45) is 0 Å². The van der Waals surface area contributed by atoms with Gasteiger partial charge in [-0.25, -0.2) is 14.8 Å². The summed E-state index contributed by atoms with van der Waals surface area (Å²) in [5.41, 5.74) is 2.75. The highest BCUT2D eigenvalue weighted by atomic mass is 28.3. The fraction of sp³-hybridized carbons (Fsp3) is 0.286. The van der Waals surface area contributed by atoms with Gasteiger partial charge in [0, 0.05) is 33.9 Å². The first-order valence-corrected chi connectivity index (χ1v) is 16.5. The van der Waals surface area contributed by atoms with Gasteiger partial charge in [0.25, 0.3) is 0 Å². The van der Waals surface area contributed by atoms with Crippen LogP contribution in [0.5, 0.6) is 11.5 Å². The largest absolute Gasteiger partial charge is 0.465 e. The zero-order valence-corrected chi connectivity index (χ0v) is 24.0. The Morgan fingerprint density at radius 3 is 2.55 bits per heavy atom. The number of imidazole rings is 1. The molecule has 1 aromatic carbocycles. The van der Waals surface area contributed by atoms with Crippen LogP contribution in [0.3, 0.4) is 0 Å². The number of hydrogen-bond acceptors (Lipinski definition) is 10. The van der Waals surface area contributed by atoms with Gasteiger partial charge in [0.15, 0.2) is 5.82 Å². The molecule has 0 fully saturated rings. The SMILES string of the molecule is COC(=O)c1cc2nc(-c3ccccn3)n(COCC[Si](C)(C)C)c2cc1Oc1ccc(-c2noc(C)n2)nc1. The van der Waals surface area contributed by atoms with E-state index in [0.29, 0.717) is 52.5 Å². The second-order valence-corrected chi connectivity index (χ2v) is 16.0. The van der Waals surface area contributed by atoms with Crippen LogP contribution in [0.4, 0.5) is 0 Å². The smallest absolute Gasteiger partial charge is 0.341 e. The van der Waals surface area contributed by atoms with E-state index in [9.17, 15) is 4.79 Å².